The van der Waals surface area contributed by atoms with Gasteiger partial charge in [-0.1, -0.05) is 23.8 Å². The van der Waals surface area contributed by atoms with Crippen molar-refractivity contribution in [3.05, 3.63) is 75.3 Å². The molecular weight excluding hydrogens is 460 g/mol. The minimum absolute atomic E-state index is 0.118. The summed E-state index contributed by atoms with van der Waals surface area (Å²) < 4.78 is 0. The molecule has 0 unspecified atom stereocenters. The topological polar surface area (TPSA) is 122 Å². The van der Waals surface area contributed by atoms with E-state index in [0.717, 1.165) is 6.42 Å². The number of hydrogen-bond acceptors (Lipinski definition) is 6. The first-order valence-electron chi connectivity index (χ1n) is 11.0. The van der Waals surface area contributed by atoms with E-state index in [2.05, 4.69) is 10.6 Å². The SMILES string of the molecule is O=C(Nc1ccc(Cl)cc1)c1ccc(NCCN2C(=O)[C@@H]3[C@@H](C2=O)[C@H]2C=C[C@H]3C2)c([N+](=O)[O-])c1. The molecule has 3 amide bonds. The van der Waals surface area contributed by atoms with Crippen molar-refractivity contribution in [3.63, 3.8) is 0 Å². The molecule has 10 heteroatoms. The summed E-state index contributed by atoms with van der Waals surface area (Å²) in [7, 11) is 0. The average molecular weight is 481 g/mol. The Balaban J connectivity index is 1.24. The third-order valence-corrected chi connectivity index (χ3v) is 7.02. The number of hydrogen-bond donors (Lipinski definition) is 2. The molecule has 3 aliphatic rings. The molecule has 0 spiro atoms. The van der Waals surface area contributed by atoms with E-state index in [0.29, 0.717) is 10.7 Å². The van der Waals surface area contributed by atoms with Gasteiger partial charge in [0.25, 0.3) is 11.6 Å². The van der Waals surface area contributed by atoms with Crippen LogP contribution in [-0.2, 0) is 9.59 Å². The summed E-state index contributed by atoms with van der Waals surface area (Å²) in [6.45, 7) is 0.289. The molecule has 1 saturated carbocycles. The van der Waals surface area contributed by atoms with Crippen LogP contribution in [0.3, 0.4) is 0 Å². The van der Waals surface area contributed by atoms with Gasteiger partial charge in [0.15, 0.2) is 0 Å². The molecule has 0 aromatic heterocycles. The highest BCUT2D eigenvalue weighted by molar-refractivity contribution is 6.30. The molecule has 2 aromatic carbocycles. The number of imide groups is 1. The zero-order valence-corrected chi connectivity index (χ0v) is 18.7. The van der Waals surface area contributed by atoms with Crippen LogP contribution in [0.1, 0.15) is 16.8 Å². The lowest BCUT2D eigenvalue weighted by Gasteiger charge is -2.18. The van der Waals surface area contributed by atoms with Gasteiger partial charge in [-0.2, -0.15) is 0 Å². The quantitative estimate of drug-likeness (QED) is 0.269. The molecule has 34 heavy (non-hydrogen) atoms. The maximum atomic E-state index is 12.8. The van der Waals surface area contributed by atoms with Crippen LogP contribution < -0.4 is 10.6 Å². The van der Waals surface area contributed by atoms with Gasteiger partial charge in [-0.3, -0.25) is 29.4 Å². The van der Waals surface area contributed by atoms with Crippen LogP contribution in [0, 0.1) is 33.8 Å². The maximum Gasteiger partial charge on any atom is 0.293 e. The smallest absolute Gasteiger partial charge is 0.293 e. The van der Waals surface area contributed by atoms with E-state index in [9.17, 15) is 24.5 Å². The number of likely N-dealkylation sites (tertiary alicyclic amines) is 1. The Morgan fingerprint density at radius 1 is 1.06 bits per heavy atom. The summed E-state index contributed by atoms with van der Waals surface area (Å²) in [5, 5.41) is 17.7. The molecule has 0 radical (unpaired) electrons. The van der Waals surface area contributed by atoms with E-state index in [-0.39, 0.29) is 65.5 Å². The van der Waals surface area contributed by atoms with Gasteiger partial charge >= 0.3 is 0 Å². The Hall–Kier alpha value is -3.72. The minimum Gasteiger partial charge on any atom is -0.378 e. The van der Waals surface area contributed by atoms with Crippen molar-refractivity contribution in [2.45, 2.75) is 6.42 Å². The normalized spacial score (nSPS) is 24.4. The van der Waals surface area contributed by atoms with Crippen LogP contribution in [0.25, 0.3) is 0 Å². The lowest BCUT2D eigenvalue weighted by Crippen LogP contribution is -2.36. The number of nitro groups is 1. The zero-order chi connectivity index (χ0) is 24.0. The van der Waals surface area contributed by atoms with E-state index >= 15 is 0 Å². The Bertz CT molecular complexity index is 1200. The number of rotatable bonds is 7. The second kappa shape index (κ2) is 8.57. The highest BCUT2D eigenvalue weighted by Crippen LogP contribution is 2.52. The number of carbonyl (C=O) groups excluding carboxylic acids is 3. The molecule has 2 N–H and O–H groups in total. The van der Waals surface area contributed by atoms with Gasteiger partial charge in [-0.15, -0.1) is 0 Å². The fourth-order valence-electron chi connectivity index (χ4n) is 5.20. The molecule has 9 nitrogen and oxygen atoms in total. The summed E-state index contributed by atoms with van der Waals surface area (Å²) in [5.41, 5.74) is 0.552. The Morgan fingerprint density at radius 2 is 1.71 bits per heavy atom. The molecule has 1 saturated heterocycles. The number of allylic oxidation sites excluding steroid dienone is 2. The van der Waals surface area contributed by atoms with Crippen LogP contribution in [0.15, 0.2) is 54.6 Å². The second-order valence-electron chi connectivity index (χ2n) is 8.70. The average Bonchev–Trinajstić information content (AvgIpc) is 3.50. The van der Waals surface area contributed by atoms with Gasteiger partial charge in [0.05, 0.1) is 16.8 Å². The number of halogens is 1. The van der Waals surface area contributed by atoms with Gasteiger partial charge < -0.3 is 10.6 Å². The molecule has 2 aromatic rings. The van der Waals surface area contributed by atoms with Gasteiger partial charge in [0.2, 0.25) is 11.8 Å². The molecule has 174 valence electrons. The predicted molar refractivity (Wildman–Crippen MR) is 125 cm³/mol. The van der Waals surface area contributed by atoms with Gasteiger partial charge in [0.1, 0.15) is 5.69 Å². The summed E-state index contributed by atoms with van der Waals surface area (Å²) >= 11 is 5.84. The van der Waals surface area contributed by atoms with Gasteiger partial charge in [-0.25, -0.2) is 0 Å². The van der Waals surface area contributed by atoms with Crippen molar-refractivity contribution >= 4 is 46.4 Å². The Kier molecular flexibility index (Phi) is 5.57. The van der Waals surface area contributed by atoms with E-state index in [1.165, 1.54) is 23.1 Å². The first-order valence-corrected chi connectivity index (χ1v) is 11.3. The molecular formula is C24H21ClN4O5. The van der Waals surface area contributed by atoms with Gasteiger partial charge in [-0.05, 0) is 54.7 Å². The van der Waals surface area contributed by atoms with Crippen LogP contribution in [-0.4, -0.2) is 40.6 Å². The molecule has 2 bridgehead atoms. The second-order valence-corrected chi connectivity index (χ2v) is 9.14. The van der Waals surface area contributed by atoms with Crippen molar-refractivity contribution in [1.29, 1.82) is 0 Å². The van der Waals surface area contributed by atoms with E-state index < -0.39 is 10.8 Å². The molecule has 5 rings (SSSR count). The maximum absolute atomic E-state index is 12.8. The first-order chi connectivity index (χ1) is 16.3. The molecule has 1 aliphatic heterocycles. The number of nitrogens with zero attached hydrogens (tertiary/aromatic N) is 2. The fraction of sp³-hybridized carbons (Fsp3) is 0.292. The molecule has 2 fully saturated rings. The number of benzene rings is 2. The number of fused-ring (bicyclic) bond motifs is 5. The Labute approximate surface area is 199 Å². The lowest BCUT2D eigenvalue weighted by atomic mass is 9.85. The van der Waals surface area contributed by atoms with E-state index in [1.54, 1.807) is 24.3 Å². The third-order valence-electron chi connectivity index (χ3n) is 6.77. The fourth-order valence-corrected chi connectivity index (χ4v) is 5.32. The number of nitrogens with one attached hydrogen (secondary N) is 2. The lowest BCUT2D eigenvalue weighted by molar-refractivity contribution is -0.384. The summed E-state index contributed by atoms with van der Waals surface area (Å²) in [6.07, 6.45) is 4.93. The van der Waals surface area contributed by atoms with Crippen molar-refractivity contribution < 1.29 is 19.3 Å². The molecule has 4 atom stereocenters. The van der Waals surface area contributed by atoms with Crippen LogP contribution in [0.5, 0.6) is 0 Å². The van der Waals surface area contributed by atoms with Crippen molar-refractivity contribution in [2.24, 2.45) is 23.7 Å². The summed E-state index contributed by atoms with van der Waals surface area (Å²) in [6, 6.07) is 10.6. The number of nitro benzene ring substituents is 1. The first kappa shape index (κ1) is 22.1. The Morgan fingerprint density at radius 3 is 2.32 bits per heavy atom. The monoisotopic (exact) mass is 480 g/mol. The number of anilines is 2. The highest BCUT2D eigenvalue weighted by Gasteiger charge is 2.58. The number of carbonyl (C=O) groups is 3. The summed E-state index contributed by atoms with van der Waals surface area (Å²) in [5.74, 6) is -1.07. The largest absolute Gasteiger partial charge is 0.378 e. The summed E-state index contributed by atoms with van der Waals surface area (Å²) in [4.78, 5) is 50.4. The predicted octanol–water partition coefficient (Wildman–Crippen LogP) is 3.72. The van der Waals surface area contributed by atoms with Crippen molar-refractivity contribution in [1.82, 2.24) is 4.90 Å². The van der Waals surface area contributed by atoms with Crippen molar-refractivity contribution in [2.75, 3.05) is 23.7 Å². The minimum atomic E-state index is -0.582. The van der Waals surface area contributed by atoms with Crippen LogP contribution >= 0.6 is 11.6 Å². The number of amides is 3. The van der Waals surface area contributed by atoms with Crippen LogP contribution in [0.2, 0.25) is 5.02 Å². The third kappa shape index (κ3) is 3.81. The van der Waals surface area contributed by atoms with Crippen LogP contribution in [0.4, 0.5) is 17.1 Å². The molecule has 1 heterocycles. The highest BCUT2D eigenvalue weighted by atomic mass is 35.5. The van der Waals surface area contributed by atoms with Crippen molar-refractivity contribution in [3.8, 4) is 0 Å². The van der Waals surface area contributed by atoms with Gasteiger partial charge in [0, 0.05) is 35.4 Å². The molecule has 2 aliphatic carbocycles. The standard InChI is InChI=1S/C24H21ClN4O5/c25-16-4-6-17(7-5-16)27-22(30)15-3-8-18(19(12-15)29(33)34)26-9-10-28-23(31)20-13-1-2-14(11-13)21(20)24(28)32/h1-8,12-14,20-21,26H,9-11H2,(H,27,30)/t13-,14-,20-,21-/m0/s1. The van der Waals surface area contributed by atoms with E-state index in [1.807, 2.05) is 12.2 Å². The van der Waals surface area contributed by atoms with E-state index in [4.69, 9.17) is 11.6 Å². The zero-order valence-electron chi connectivity index (χ0n) is 17.9.